The van der Waals surface area contributed by atoms with Crippen LogP contribution in [0.3, 0.4) is 0 Å². The van der Waals surface area contributed by atoms with Gasteiger partial charge in [0.2, 0.25) is 5.91 Å². The third-order valence-corrected chi connectivity index (χ3v) is 6.52. The highest BCUT2D eigenvalue weighted by atomic mass is 16.5. The molecule has 1 aliphatic carbocycles. The molecule has 1 atom stereocenters. The van der Waals surface area contributed by atoms with Crippen LogP contribution in [0.5, 0.6) is 0 Å². The van der Waals surface area contributed by atoms with E-state index in [1.807, 2.05) is 20.0 Å². The number of aromatic nitrogens is 4. The molecule has 1 fully saturated rings. The molecule has 0 bridgehead atoms. The van der Waals surface area contributed by atoms with Crippen molar-refractivity contribution < 1.29 is 18.8 Å². The van der Waals surface area contributed by atoms with Crippen LogP contribution in [0.25, 0.3) is 11.3 Å². The molecule has 0 aromatic carbocycles. The molecule has 1 saturated carbocycles. The summed E-state index contributed by atoms with van der Waals surface area (Å²) in [5.41, 5.74) is 3.59. The molecule has 0 aliphatic heterocycles. The first kappa shape index (κ1) is 24.6. The zero-order valence-corrected chi connectivity index (χ0v) is 20.4. The van der Waals surface area contributed by atoms with Crippen LogP contribution >= 0.6 is 0 Å². The van der Waals surface area contributed by atoms with Gasteiger partial charge in [-0.25, -0.2) is 4.98 Å². The lowest BCUT2D eigenvalue weighted by atomic mass is 9.91. The molecule has 3 aromatic rings. The highest BCUT2D eigenvalue weighted by molar-refractivity contribution is 6.01. The molecule has 2 N–H and O–H groups in total. The summed E-state index contributed by atoms with van der Waals surface area (Å²) in [4.78, 5) is 30.9. The lowest BCUT2D eigenvalue weighted by Crippen LogP contribution is -2.48. The van der Waals surface area contributed by atoms with Crippen LogP contribution in [-0.2, 0) is 23.2 Å². The molecule has 35 heavy (non-hydrogen) atoms. The van der Waals surface area contributed by atoms with Crippen molar-refractivity contribution in [3.63, 3.8) is 0 Å². The zero-order valence-electron chi connectivity index (χ0n) is 20.4. The van der Waals surface area contributed by atoms with Crippen molar-refractivity contribution in [2.45, 2.75) is 58.1 Å². The van der Waals surface area contributed by atoms with Crippen LogP contribution in [0.4, 0.5) is 5.82 Å². The van der Waals surface area contributed by atoms with Crippen LogP contribution < -0.4 is 10.6 Å². The van der Waals surface area contributed by atoms with E-state index >= 15 is 0 Å². The maximum atomic E-state index is 13.4. The number of methoxy groups -OCH3 is 1. The van der Waals surface area contributed by atoms with Gasteiger partial charge < -0.3 is 19.9 Å². The number of carbonyl (C=O) groups is 2. The Hall–Kier alpha value is -3.53. The van der Waals surface area contributed by atoms with Crippen LogP contribution in [0, 0.1) is 12.8 Å². The minimum absolute atomic E-state index is 0.0311. The number of rotatable bonds is 8. The largest absolute Gasteiger partial charge is 0.378 e. The first-order valence-corrected chi connectivity index (χ1v) is 12.0. The van der Waals surface area contributed by atoms with Crippen molar-refractivity contribution >= 4 is 17.6 Å². The Balaban J connectivity index is 1.52. The lowest BCUT2D eigenvalue weighted by molar-refractivity contribution is -0.119. The molecule has 3 aromatic heterocycles. The van der Waals surface area contributed by atoms with Gasteiger partial charge in [0.15, 0.2) is 0 Å². The van der Waals surface area contributed by atoms with E-state index < -0.39 is 11.9 Å². The minimum atomic E-state index is -0.702. The van der Waals surface area contributed by atoms with Crippen LogP contribution in [0.1, 0.15) is 60.1 Å². The Morgan fingerprint density at radius 1 is 1.20 bits per heavy atom. The number of hydrogen-bond acceptors (Lipinski definition) is 7. The summed E-state index contributed by atoms with van der Waals surface area (Å²) >= 11 is 0. The number of carbonyl (C=O) groups excluding carboxylic acids is 2. The second kappa shape index (κ2) is 11.3. The maximum Gasteiger partial charge on any atom is 0.257 e. The molecular formula is C25H32N6O4. The summed E-state index contributed by atoms with van der Waals surface area (Å²) in [6.07, 6.45) is 10.9. The van der Waals surface area contributed by atoms with Gasteiger partial charge in [0.05, 0.1) is 18.5 Å². The molecule has 10 heteroatoms. The summed E-state index contributed by atoms with van der Waals surface area (Å²) < 4.78 is 11.9. The second-order valence-corrected chi connectivity index (χ2v) is 9.03. The van der Waals surface area contributed by atoms with Gasteiger partial charge in [-0.2, -0.15) is 5.10 Å². The maximum absolute atomic E-state index is 13.4. The Bertz CT molecular complexity index is 1130. The number of nitrogens with one attached hydrogen (secondary N) is 2. The van der Waals surface area contributed by atoms with E-state index in [-0.39, 0.29) is 24.0 Å². The van der Waals surface area contributed by atoms with Crippen molar-refractivity contribution in [1.82, 2.24) is 25.2 Å². The monoisotopic (exact) mass is 480 g/mol. The number of hydrogen-bond donors (Lipinski definition) is 2. The van der Waals surface area contributed by atoms with Gasteiger partial charge in [-0.15, -0.1) is 0 Å². The van der Waals surface area contributed by atoms with Gasteiger partial charge in [-0.3, -0.25) is 14.3 Å². The average molecular weight is 481 g/mol. The first-order chi connectivity index (χ1) is 17.0. The summed E-state index contributed by atoms with van der Waals surface area (Å²) in [7, 11) is 3.40. The van der Waals surface area contributed by atoms with E-state index in [1.165, 1.54) is 13.4 Å². The fourth-order valence-corrected chi connectivity index (χ4v) is 4.72. The van der Waals surface area contributed by atoms with E-state index in [4.69, 9.17) is 9.26 Å². The Morgan fingerprint density at radius 3 is 2.60 bits per heavy atom. The number of aryl methyl sites for hydroxylation is 2. The number of amides is 2. The van der Waals surface area contributed by atoms with Gasteiger partial charge in [0, 0.05) is 25.9 Å². The van der Waals surface area contributed by atoms with Crippen LogP contribution in [-0.4, -0.2) is 44.9 Å². The van der Waals surface area contributed by atoms with E-state index in [0.29, 0.717) is 11.5 Å². The Kier molecular flexibility index (Phi) is 7.91. The van der Waals surface area contributed by atoms with E-state index in [2.05, 4.69) is 25.9 Å². The molecule has 4 rings (SSSR count). The molecule has 0 radical (unpaired) electrons. The molecular weight excluding hydrogens is 448 g/mol. The Morgan fingerprint density at radius 2 is 1.97 bits per heavy atom. The lowest BCUT2D eigenvalue weighted by Gasteiger charge is -2.26. The van der Waals surface area contributed by atoms with E-state index in [9.17, 15) is 9.59 Å². The number of anilines is 1. The van der Waals surface area contributed by atoms with E-state index in [0.717, 1.165) is 55.3 Å². The molecule has 0 spiro atoms. The number of pyridine rings is 1. The Labute approximate surface area is 204 Å². The first-order valence-electron chi connectivity index (χ1n) is 12.0. The normalized spacial score (nSPS) is 15.4. The van der Waals surface area contributed by atoms with Gasteiger partial charge >= 0.3 is 0 Å². The summed E-state index contributed by atoms with van der Waals surface area (Å²) in [6, 6.07) is 2.97. The molecule has 1 aliphatic rings. The highest BCUT2D eigenvalue weighted by Crippen LogP contribution is 2.27. The quantitative estimate of drug-likeness (QED) is 0.472. The molecule has 3 heterocycles. The molecule has 10 nitrogen and oxygen atoms in total. The van der Waals surface area contributed by atoms with Crippen LogP contribution in [0.2, 0.25) is 0 Å². The predicted molar refractivity (Wildman–Crippen MR) is 129 cm³/mol. The summed E-state index contributed by atoms with van der Waals surface area (Å²) in [5.74, 6) is -0.232. The fourth-order valence-electron chi connectivity index (χ4n) is 4.72. The van der Waals surface area contributed by atoms with Crippen molar-refractivity contribution in [3.05, 3.63) is 47.6 Å². The zero-order chi connectivity index (χ0) is 24.8. The third kappa shape index (κ3) is 5.76. The molecule has 2 amide bonds. The summed E-state index contributed by atoms with van der Waals surface area (Å²) in [5, 5.41) is 14.0. The standard InChI is InChI=1S/C25H32N6O4/c1-16-12-27-31(2)23(16)18-10-11-21(26-13-18)28-25(33)22(17-8-6-4-5-7-9-17)29-24(32)19-14-35-30-20(19)15-34-3/h10-14,17,22H,4-9,15H2,1-3H3,(H,29,32)(H,26,28,33)/t22-/m0/s1. The smallest absolute Gasteiger partial charge is 0.257 e. The van der Waals surface area contributed by atoms with Gasteiger partial charge in [-0.1, -0.05) is 30.8 Å². The SMILES string of the molecule is COCc1nocc1C(=O)N[C@H](C(=O)Nc1ccc(-c2c(C)cnn2C)cn1)C1CCCCCC1. The van der Waals surface area contributed by atoms with Crippen molar-refractivity contribution in [3.8, 4) is 11.3 Å². The fraction of sp³-hybridized carbons (Fsp3) is 0.480. The van der Waals surface area contributed by atoms with Crippen molar-refractivity contribution in [2.24, 2.45) is 13.0 Å². The number of nitrogens with zero attached hydrogens (tertiary/aromatic N) is 4. The van der Waals surface area contributed by atoms with E-state index in [1.54, 1.807) is 23.1 Å². The van der Waals surface area contributed by atoms with Gasteiger partial charge in [0.1, 0.15) is 29.4 Å². The van der Waals surface area contributed by atoms with Gasteiger partial charge in [0.25, 0.3) is 5.91 Å². The minimum Gasteiger partial charge on any atom is -0.378 e. The predicted octanol–water partition coefficient (Wildman–Crippen LogP) is 3.63. The summed E-state index contributed by atoms with van der Waals surface area (Å²) in [6.45, 7) is 2.14. The van der Waals surface area contributed by atoms with Gasteiger partial charge in [-0.05, 0) is 43.4 Å². The highest BCUT2D eigenvalue weighted by Gasteiger charge is 2.32. The second-order valence-electron chi connectivity index (χ2n) is 9.03. The average Bonchev–Trinajstić information content (AvgIpc) is 3.34. The number of ether oxygens (including phenoxy) is 1. The topological polar surface area (TPSA) is 124 Å². The van der Waals surface area contributed by atoms with Crippen LogP contribution in [0.15, 0.2) is 35.3 Å². The van der Waals surface area contributed by atoms with Crippen molar-refractivity contribution in [1.29, 1.82) is 0 Å². The van der Waals surface area contributed by atoms with Crippen molar-refractivity contribution in [2.75, 3.05) is 12.4 Å². The third-order valence-electron chi connectivity index (χ3n) is 6.52. The molecule has 186 valence electrons. The molecule has 0 unspecified atom stereocenters. The molecule has 0 saturated heterocycles.